The second-order valence-corrected chi connectivity index (χ2v) is 5.99. The molecule has 1 fully saturated rings. The molecule has 0 aliphatic carbocycles. The number of hydrogen-bond donors (Lipinski definition) is 1. The molecule has 1 aromatic carbocycles. The van der Waals surface area contributed by atoms with E-state index in [4.69, 9.17) is 0 Å². The number of nitrogens with zero attached hydrogens (tertiary/aromatic N) is 3. The van der Waals surface area contributed by atoms with Gasteiger partial charge in [0.2, 0.25) is 0 Å². The highest BCUT2D eigenvalue weighted by Gasteiger charge is 2.16. The summed E-state index contributed by atoms with van der Waals surface area (Å²) in [5.41, 5.74) is 2.21. The van der Waals surface area contributed by atoms with E-state index in [0.717, 1.165) is 30.4 Å². The monoisotopic (exact) mass is 284 g/mol. The minimum atomic E-state index is 0.778. The predicted molar refractivity (Wildman–Crippen MR) is 85.5 cm³/mol. The lowest BCUT2D eigenvalue weighted by Crippen LogP contribution is -2.37. The third-order valence-corrected chi connectivity index (χ3v) is 4.13. The van der Waals surface area contributed by atoms with E-state index in [1.54, 1.807) is 0 Å². The molecule has 0 saturated carbocycles. The number of benzene rings is 1. The molecule has 112 valence electrons. The molecule has 3 rings (SSSR count). The van der Waals surface area contributed by atoms with Crippen LogP contribution in [-0.2, 0) is 6.54 Å². The Morgan fingerprint density at radius 3 is 2.90 bits per heavy atom. The molecule has 1 saturated heterocycles. The zero-order valence-electron chi connectivity index (χ0n) is 12.7. The van der Waals surface area contributed by atoms with Crippen molar-refractivity contribution < 1.29 is 0 Å². The van der Waals surface area contributed by atoms with Gasteiger partial charge in [0, 0.05) is 19.3 Å². The Kier molecular flexibility index (Phi) is 4.68. The average molecular weight is 284 g/mol. The van der Waals surface area contributed by atoms with Crippen LogP contribution < -0.4 is 5.32 Å². The molecule has 4 nitrogen and oxygen atoms in total. The standard InChI is InChI=1S/C17H24N4/c1-20-10-5-6-15(14-20)12-18-13-16-9-11-21(19-16)17-7-3-2-4-8-17/h2-4,7-9,11,15,18H,5-6,10,12-14H2,1H3. The first kappa shape index (κ1) is 14.3. The zero-order chi connectivity index (χ0) is 14.5. The number of para-hydroxylation sites is 1. The number of likely N-dealkylation sites (tertiary alicyclic amines) is 1. The number of nitrogens with one attached hydrogen (secondary N) is 1. The van der Waals surface area contributed by atoms with Gasteiger partial charge in [-0.25, -0.2) is 4.68 Å². The molecule has 0 amide bonds. The summed E-state index contributed by atoms with van der Waals surface area (Å²) < 4.78 is 1.94. The van der Waals surface area contributed by atoms with Crippen molar-refractivity contribution in [3.63, 3.8) is 0 Å². The summed E-state index contributed by atoms with van der Waals surface area (Å²) in [6.45, 7) is 4.39. The van der Waals surface area contributed by atoms with E-state index in [1.165, 1.54) is 25.9 Å². The van der Waals surface area contributed by atoms with Crippen molar-refractivity contribution in [2.45, 2.75) is 19.4 Å². The largest absolute Gasteiger partial charge is 0.311 e. The van der Waals surface area contributed by atoms with Crippen LogP contribution in [0.3, 0.4) is 0 Å². The van der Waals surface area contributed by atoms with Gasteiger partial charge < -0.3 is 10.2 Å². The molecule has 21 heavy (non-hydrogen) atoms. The Hall–Kier alpha value is -1.65. The third kappa shape index (κ3) is 3.93. The normalized spacial score (nSPS) is 19.8. The molecule has 0 radical (unpaired) electrons. The lowest BCUT2D eigenvalue weighted by Gasteiger charge is -2.29. The molecule has 1 atom stereocenters. The minimum absolute atomic E-state index is 0.778. The first-order chi connectivity index (χ1) is 10.3. The van der Waals surface area contributed by atoms with Crippen LogP contribution in [0.15, 0.2) is 42.6 Å². The summed E-state index contributed by atoms with van der Waals surface area (Å²) in [7, 11) is 2.22. The van der Waals surface area contributed by atoms with Crippen molar-refractivity contribution in [2.75, 3.05) is 26.7 Å². The van der Waals surface area contributed by atoms with Gasteiger partial charge in [-0.2, -0.15) is 5.10 Å². The van der Waals surface area contributed by atoms with Gasteiger partial charge in [-0.1, -0.05) is 18.2 Å². The fourth-order valence-electron chi connectivity index (χ4n) is 3.02. The maximum atomic E-state index is 4.62. The Balaban J connectivity index is 1.49. The van der Waals surface area contributed by atoms with Crippen molar-refractivity contribution in [3.8, 4) is 5.69 Å². The fraction of sp³-hybridized carbons (Fsp3) is 0.471. The van der Waals surface area contributed by atoms with E-state index in [9.17, 15) is 0 Å². The summed E-state index contributed by atoms with van der Waals surface area (Å²) in [5, 5.41) is 8.18. The Morgan fingerprint density at radius 2 is 2.10 bits per heavy atom. The molecule has 1 aromatic heterocycles. The lowest BCUT2D eigenvalue weighted by molar-refractivity contribution is 0.206. The maximum Gasteiger partial charge on any atom is 0.0766 e. The van der Waals surface area contributed by atoms with Crippen molar-refractivity contribution >= 4 is 0 Å². The zero-order valence-corrected chi connectivity index (χ0v) is 12.7. The van der Waals surface area contributed by atoms with Crippen LogP contribution in [0, 0.1) is 5.92 Å². The predicted octanol–water partition coefficient (Wildman–Crippen LogP) is 2.30. The molecular weight excluding hydrogens is 260 g/mol. The van der Waals surface area contributed by atoms with Crippen LogP contribution in [-0.4, -0.2) is 41.4 Å². The summed E-state index contributed by atoms with van der Waals surface area (Å²) >= 11 is 0. The molecule has 1 aliphatic heterocycles. The van der Waals surface area contributed by atoms with E-state index < -0.39 is 0 Å². The van der Waals surface area contributed by atoms with Crippen molar-refractivity contribution in [3.05, 3.63) is 48.3 Å². The fourth-order valence-corrected chi connectivity index (χ4v) is 3.02. The van der Waals surface area contributed by atoms with Crippen molar-refractivity contribution in [1.82, 2.24) is 20.0 Å². The average Bonchev–Trinajstić information content (AvgIpc) is 2.97. The van der Waals surface area contributed by atoms with Crippen LogP contribution in [0.2, 0.25) is 0 Å². The van der Waals surface area contributed by atoms with Crippen LogP contribution in [0.25, 0.3) is 5.69 Å². The number of aromatic nitrogens is 2. The molecule has 4 heteroatoms. The minimum Gasteiger partial charge on any atom is -0.311 e. The first-order valence-electron chi connectivity index (χ1n) is 7.80. The van der Waals surface area contributed by atoms with Gasteiger partial charge in [-0.15, -0.1) is 0 Å². The highest BCUT2D eigenvalue weighted by molar-refractivity contribution is 5.30. The van der Waals surface area contributed by atoms with E-state index in [2.05, 4.69) is 40.6 Å². The van der Waals surface area contributed by atoms with Crippen LogP contribution in [0.5, 0.6) is 0 Å². The highest BCUT2D eigenvalue weighted by Crippen LogP contribution is 2.14. The molecule has 2 aromatic rings. The van der Waals surface area contributed by atoms with Crippen LogP contribution in [0.1, 0.15) is 18.5 Å². The van der Waals surface area contributed by atoms with Gasteiger partial charge in [0.15, 0.2) is 0 Å². The van der Waals surface area contributed by atoms with Crippen LogP contribution in [0.4, 0.5) is 0 Å². The molecule has 0 spiro atoms. The Labute approximate surface area is 126 Å². The molecule has 1 aliphatic rings. The molecule has 2 heterocycles. The summed E-state index contributed by atoms with van der Waals surface area (Å²) in [4.78, 5) is 2.43. The number of piperidine rings is 1. The van der Waals surface area contributed by atoms with E-state index in [0.29, 0.717) is 0 Å². The molecule has 1 unspecified atom stereocenters. The van der Waals surface area contributed by atoms with Gasteiger partial charge in [0.25, 0.3) is 0 Å². The Morgan fingerprint density at radius 1 is 1.24 bits per heavy atom. The van der Waals surface area contributed by atoms with E-state index in [-0.39, 0.29) is 0 Å². The third-order valence-electron chi connectivity index (χ3n) is 4.13. The first-order valence-corrected chi connectivity index (χ1v) is 7.80. The number of hydrogen-bond acceptors (Lipinski definition) is 3. The van der Waals surface area contributed by atoms with Gasteiger partial charge in [-0.05, 0) is 57.1 Å². The van der Waals surface area contributed by atoms with Gasteiger partial charge in [0.05, 0.1) is 11.4 Å². The Bertz CT molecular complexity index is 549. The van der Waals surface area contributed by atoms with E-state index >= 15 is 0 Å². The molecule has 1 N–H and O–H groups in total. The maximum absolute atomic E-state index is 4.62. The highest BCUT2D eigenvalue weighted by atomic mass is 15.3. The SMILES string of the molecule is CN1CCCC(CNCc2ccn(-c3ccccc3)n2)C1. The van der Waals surface area contributed by atoms with E-state index in [1.807, 2.05) is 29.1 Å². The van der Waals surface area contributed by atoms with Gasteiger partial charge >= 0.3 is 0 Å². The van der Waals surface area contributed by atoms with Crippen LogP contribution >= 0.6 is 0 Å². The molecule has 0 bridgehead atoms. The summed E-state index contributed by atoms with van der Waals surface area (Å²) in [6, 6.07) is 12.3. The summed E-state index contributed by atoms with van der Waals surface area (Å²) in [5.74, 6) is 0.778. The second-order valence-electron chi connectivity index (χ2n) is 5.99. The summed E-state index contributed by atoms with van der Waals surface area (Å²) in [6.07, 6.45) is 4.70. The van der Waals surface area contributed by atoms with Gasteiger partial charge in [-0.3, -0.25) is 0 Å². The topological polar surface area (TPSA) is 33.1 Å². The molecular formula is C17H24N4. The quantitative estimate of drug-likeness (QED) is 0.914. The van der Waals surface area contributed by atoms with Crippen molar-refractivity contribution in [1.29, 1.82) is 0 Å². The second kappa shape index (κ2) is 6.87. The van der Waals surface area contributed by atoms with Gasteiger partial charge in [0.1, 0.15) is 0 Å². The lowest BCUT2D eigenvalue weighted by atomic mass is 9.98. The smallest absolute Gasteiger partial charge is 0.0766 e. The number of rotatable bonds is 5. The van der Waals surface area contributed by atoms with Crippen molar-refractivity contribution in [2.24, 2.45) is 5.92 Å².